The summed E-state index contributed by atoms with van der Waals surface area (Å²) in [6.45, 7) is 11.6. The maximum Gasteiger partial charge on any atom is 0.251 e. The fraction of sp³-hybridized carbons (Fsp3) is 0.917. The molecule has 1 atom stereocenters. The second-order valence-electron chi connectivity index (χ2n) is 5.88. The molecule has 1 unspecified atom stereocenters. The van der Waals surface area contributed by atoms with Crippen molar-refractivity contribution < 1.29 is 9.63 Å². The molecule has 0 aliphatic carbocycles. The summed E-state index contributed by atoms with van der Waals surface area (Å²) in [7, 11) is 0. The van der Waals surface area contributed by atoms with Crippen molar-refractivity contribution in [2.75, 3.05) is 13.1 Å². The van der Waals surface area contributed by atoms with Gasteiger partial charge in [0.1, 0.15) is 0 Å². The molecule has 0 aromatic heterocycles. The molecule has 0 aromatic carbocycles. The lowest BCUT2D eigenvalue weighted by molar-refractivity contribution is -0.157. The normalized spacial score (nSPS) is 26.1. The Bertz CT molecular complexity index is 250. The number of rotatable bonds is 3. The predicted molar refractivity (Wildman–Crippen MR) is 63.7 cm³/mol. The van der Waals surface area contributed by atoms with E-state index >= 15 is 0 Å². The number of carbonyl (C=O) groups is 1. The molecule has 16 heavy (non-hydrogen) atoms. The number of hydroxylamine groups is 1. The Balaban J connectivity index is 2.63. The standard InChI is InChI=1S/C12H24N2O2/c1-9(2)12(6-7-13-8-12)10(15)14-16-11(3,4)5/h9,13H,6-8H2,1-5H3,(H,14,15). The summed E-state index contributed by atoms with van der Waals surface area (Å²) in [4.78, 5) is 17.5. The number of hydrogen-bond acceptors (Lipinski definition) is 3. The van der Waals surface area contributed by atoms with E-state index in [0.29, 0.717) is 5.92 Å². The van der Waals surface area contributed by atoms with Crippen LogP contribution < -0.4 is 10.8 Å². The molecule has 0 saturated carbocycles. The van der Waals surface area contributed by atoms with Crippen molar-refractivity contribution in [3.05, 3.63) is 0 Å². The van der Waals surface area contributed by atoms with Crippen molar-refractivity contribution >= 4 is 5.91 Å². The van der Waals surface area contributed by atoms with Gasteiger partial charge in [0.2, 0.25) is 0 Å². The molecule has 4 heteroatoms. The lowest BCUT2D eigenvalue weighted by Crippen LogP contribution is -2.48. The first-order chi connectivity index (χ1) is 7.28. The third kappa shape index (κ3) is 2.95. The molecule has 1 aliphatic rings. The van der Waals surface area contributed by atoms with Gasteiger partial charge in [0, 0.05) is 6.54 Å². The van der Waals surface area contributed by atoms with Crippen LogP contribution >= 0.6 is 0 Å². The van der Waals surface area contributed by atoms with Crippen LogP contribution in [0.5, 0.6) is 0 Å². The van der Waals surface area contributed by atoms with Crippen LogP contribution in [0.1, 0.15) is 41.0 Å². The van der Waals surface area contributed by atoms with E-state index in [9.17, 15) is 4.79 Å². The predicted octanol–water partition coefficient (Wildman–Crippen LogP) is 1.47. The van der Waals surface area contributed by atoms with Gasteiger partial charge in [-0.05, 0) is 39.7 Å². The van der Waals surface area contributed by atoms with E-state index in [2.05, 4.69) is 24.6 Å². The fourth-order valence-electron chi connectivity index (χ4n) is 1.96. The molecule has 0 radical (unpaired) electrons. The van der Waals surface area contributed by atoms with Crippen molar-refractivity contribution in [1.29, 1.82) is 0 Å². The van der Waals surface area contributed by atoms with Gasteiger partial charge < -0.3 is 5.32 Å². The monoisotopic (exact) mass is 228 g/mol. The highest BCUT2D eigenvalue weighted by Gasteiger charge is 2.44. The van der Waals surface area contributed by atoms with Crippen molar-refractivity contribution in [2.24, 2.45) is 11.3 Å². The van der Waals surface area contributed by atoms with Crippen LogP contribution in [0.4, 0.5) is 0 Å². The molecule has 2 N–H and O–H groups in total. The third-order valence-corrected chi connectivity index (χ3v) is 3.20. The zero-order valence-electron chi connectivity index (χ0n) is 11.0. The Hall–Kier alpha value is -0.610. The molecule has 1 aliphatic heterocycles. The van der Waals surface area contributed by atoms with Gasteiger partial charge in [0.25, 0.3) is 5.91 Å². The third-order valence-electron chi connectivity index (χ3n) is 3.20. The lowest BCUT2D eigenvalue weighted by Gasteiger charge is -2.32. The van der Waals surface area contributed by atoms with Gasteiger partial charge in [-0.2, -0.15) is 0 Å². The van der Waals surface area contributed by atoms with Gasteiger partial charge in [-0.25, -0.2) is 5.48 Å². The van der Waals surface area contributed by atoms with Crippen LogP contribution in [-0.4, -0.2) is 24.6 Å². The van der Waals surface area contributed by atoms with Gasteiger partial charge in [0.15, 0.2) is 0 Å². The van der Waals surface area contributed by atoms with E-state index in [1.54, 1.807) is 0 Å². The fourth-order valence-corrected chi connectivity index (χ4v) is 1.96. The van der Waals surface area contributed by atoms with E-state index in [-0.39, 0.29) is 16.9 Å². The zero-order chi connectivity index (χ0) is 12.4. The molecule has 1 rings (SSSR count). The van der Waals surface area contributed by atoms with Gasteiger partial charge in [-0.3, -0.25) is 9.63 Å². The molecule has 1 amide bonds. The maximum absolute atomic E-state index is 12.2. The van der Waals surface area contributed by atoms with Crippen LogP contribution in [0.2, 0.25) is 0 Å². The smallest absolute Gasteiger partial charge is 0.251 e. The van der Waals surface area contributed by atoms with E-state index in [0.717, 1.165) is 19.5 Å². The summed E-state index contributed by atoms with van der Waals surface area (Å²) in [5.74, 6) is 0.313. The largest absolute Gasteiger partial charge is 0.316 e. The topological polar surface area (TPSA) is 50.4 Å². The Labute approximate surface area is 98.1 Å². The molecular formula is C12H24N2O2. The quantitative estimate of drug-likeness (QED) is 0.719. The number of carbonyl (C=O) groups excluding carboxylic acids is 1. The van der Waals surface area contributed by atoms with Gasteiger partial charge in [-0.1, -0.05) is 13.8 Å². The molecule has 1 fully saturated rings. The minimum Gasteiger partial charge on any atom is -0.316 e. The summed E-state index contributed by atoms with van der Waals surface area (Å²) in [5, 5.41) is 3.26. The van der Waals surface area contributed by atoms with Crippen LogP contribution in [0.15, 0.2) is 0 Å². The Morgan fingerprint density at radius 1 is 1.44 bits per heavy atom. The number of nitrogens with one attached hydrogen (secondary N) is 2. The molecule has 0 bridgehead atoms. The molecule has 94 valence electrons. The summed E-state index contributed by atoms with van der Waals surface area (Å²) in [6.07, 6.45) is 0.879. The van der Waals surface area contributed by atoms with Crippen molar-refractivity contribution in [1.82, 2.24) is 10.8 Å². The first-order valence-electron chi connectivity index (χ1n) is 5.97. The van der Waals surface area contributed by atoms with Gasteiger partial charge >= 0.3 is 0 Å². The van der Waals surface area contributed by atoms with Crippen molar-refractivity contribution in [3.8, 4) is 0 Å². The van der Waals surface area contributed by atoms with Crippen LogP contribution in [0, 0.1) is 11.3 Å². The Kier molecular flexibility index (Phi) is 3.97. The van der Waals surface area contributed by atoms with E-state index in [1.165, 1.54) is 0 Å². The average Bonchev–Trinajstić information content (AvgIpc) is 2.62. The molecular weight excluding hydrogens is 204 g/mol. The Morgan fingerprint density at radius 2 is 2.06 bits per heavy atom. The zero-order valence-corrected chi connectivity index (χ0v) is 11.0. The number of amides is 1. The van der Waals surface area contributed by atoms with E-state index < -0.39 is 0 Å². The van der Waals surface area contributed by atoms with Crippen molar-refractivity contribution in [2.45, 2.75) is 46.6 Å². The molecule has 1 heterocycles. The SMILES string of the molecule is CC(C)C1(C(=O)NOC(C)(C)C)CCNC1. The summed E-state index contributed by atoms with van der Waals surface area (Å²) < 4.78 is 0. The van der Waals surface area contributed by atoms with Gasteiger partial charge in [0.05, 0.1) is 11.0 Å². The van der Waals surface area contributed by atoms with Crippen LogP contribution in [-0.2, 0) is 9.63 Å². The second-order valence-corrected chi connectivity index (χ2v) is 5.88. The first-order valence-corrected chi connectivity index (χ1v) is 5.97. The highest BCUT2D eigenvalue weighted by molar-refractivity contribution is 5.82. The molecule has 4 nitrogen and oxygen atoms in total. The van der Waals surface area contributed by atoms with Crippen molar-refractivity contribution in [3.63, 3.8) is 0 Å². The first kappa shape index (κ1) is 13.5. The van der Waals surface area contributed by atoms with Crippen LogP contribution in [0.25, 0.3) is 0 Å². The lowest BCUT2D eigenvalue weighted by atomic mass is 9.76. The van der Waals surface area contributed by atoms with E-state index in [4.69, 9.17) is 4.84 Å². The summed E-state index contributed by atoms with van der Waals surface area (Å²) >= 11 is 0. The molecule has 0 aromatic rings. The average molecular weight is 228 g/mol. The number of hydrogen-bond donors (Lipinski definition) is 2. The highest BCUT2D eigenvalue weighted by Crippen LogP contribution is 2.34. The minimum atomic E-state index is -0.347. The summed E-state index contributed by atoms with van der Waals surface area (Å²) in [6, 6.07) is 0. The Morgan fingerprint density at radius 3 is 2.44 bits per heavy atom. The second kappa shape index (κ2) is 4.72. The van der Waals surface area contributed by atoms with Crippen LogP contribution in [0.3, 0.4) is 0 Å². The summed E-state index contributed by atoms with van der Waals surface area (Å²) in [5.41, 5.74) is 1.95. The van der Waals surface area contributed by atoms with Gasteiger partial charge in [-0.15, -0.1) is 0 Å². The molecule has 1 saturated heterocycles. The maximum atomic E-state index is 12.2. The minimum absolute atomic E-state index is 0.00225. The highest BCUT2D eigenvalue weighted by atomic mass is 16.7. The van der Waals surface area contributed by atoms with E-state index in [1.807, 2.05) is 20.8 Å². The molecule has 0 spiro atoms.